The molecule has 44 heavy (non-hydrogen) atoms. The first-order valence-electron chi connectivity index (χ1n) is 16.6. The van der Waals surface area contributed by atoms with Crippen LogP contribution in [0.1, 0.15) is 88.4 Å². The number of rotatable bonds is 7. The molecule has 5 heterocycles. The number of fused-ring (bicyclic) bond motifs is 6. The van der Waals surface area contributed by atoms with Crippen LogP contribution in [-0.4, -0.2) is 50.9 Å². The van der Waals surface area contributed by atoms with Crippen LogP contribution in [0.25, 0.3) is 5.82 Å². The summed E-state index contributed by atoms with van der Waals surface area (Å²) in [5.74, 6) is 5.77. The highest BCUT2D eigenvalue weighted by atomic mass is 32.2. The summed E-state index contributed by atoms with van der Waals surface area (Å²) >= 11 is 1.23. The number of carbonyl (C=O) groups is 1. The van der Waals surface area contributed by atoms with Gasteiger partial charge in [-0.3, -0.25) is 9.52 Å². The molecule has 7 rings (SSSR count). The Hall–Kier alpha value is -3.27. The Labute approximate surface area is 265 Å². The molecule has 2 saturated carbocycles. The molecule has 2 aliphatic heterocycles. The maximum Gasteiger partial charge on any atom is 0.265 e. The van der Waals surface area contributed by atoms with Crippen molar-refractivity contribution in [1.82, 2.24) is 24.5 Å². The molecule has 4 bridgehead atoms. The smallest absolute Gasteiger partial charge is 0.265 e. The minimum absolute atomic E-state index is 0.134. The summed E-state index contributed by atoms with van der Waals surface area (Å²) in [5, 5.41) is 8.93. The van der Waals surface area contributed by atoms with E-state index in [9.17, 15) is 4.79 Å². The number of pyridine rings is 2. The van der Waals surface area contributed by atoms with E-state index in [1.807, 2.05) is 42.6 Å². The molecule has 0 unspecified atom stereocenters. The fraction of sp³-hybridized carbons (Fsp3) is 0.588. The van der Waals surface area contributed by atoms with Crippen molar-refractivity contribution in [2.45, 2.75) is 88.6 Å². The van der Waals surface area contributed by atoms with Gasteiger partial charge < -0.3 is 15.0 Å². The van der Waals surface area contributed by atoms with Gasteiger partial charge in [-0.1, -0.05) is 44.6 Å². The minimum Gasteiger partial charge on any atom is -0.477 e. The second-order valence-electron chi connectivity index (χ2n) is 13.8. The Morgan fingerprint density at radius 2 is 1.84 bits per heavy atom. The van der Waals surface area contributed by atoms with Crippen LogP contribution in [0.5, 0.6) is 5.88 Å². The van der Waals surface area contributed by atoms with Crippen LogP contribution >= 0.6 is 11.9 Å². The second kappa shape index (κ2) is 12.6. The zero-order valence-electron chi connectivity index (χ0n) is 26.0. The number of nitrogens with one attached hydrogen (secondary N) is 2. The molecule has 3 aromatic heterocycles. The lowest BCUT2D eigenvalue weighted by atomic mass is 9.63. The molecule has 10 heteroatoms. The molecule has 1 atom stereocenters. The second-order valence-corrected chi connectivity index (χ2v) is 14.6. The monoisotopic (exact) mass is 615 g/mol. The average molecular weight is 616 g/mol. The zero-order valence-corrected chi connectivity index (χ0v) is 26.8. The lowest BCUT2D eigenvalue weighted by Crippen LogP contribution is -2.40. The maximum atomic E-state index is 13.6. The highest BCUT2D eigenvalue weighted by molar-refractivity contribution is 7.97. The Kier molecular flexibility index (Phi) is 8.44. The lowest BCUT2D eigenvalue weighted by Gasteiger charge is -2.42. The first kappa shape index (κ1) is 29.4. The normalized spacial score (nSPS) is 22.2. The van der Waals surface area contributed by atoms with Crippen molar-refractivity contribution in [3.63, 3.8) is 0 Å². The van der Waals surface area contributed by atoms with E-state index in [1.54, 1.807) is 4.68 Å². The molecule has 9 nitrogen and oxygen atoms in total. The number of aromatic nitrogens is 4. The number of hydrogen-bond acceptors (Lipinski definition) is 8. The molecule has 2 N–H and O–H groups in total. The molecule has 2 aliphatic carbocycles. The molecule has 0 spiro atoms. The van der Waals surface area contributed by atoms with Gasteiger partial charge in [0.1, 0.15) is 16.7 Å². The average Bonchev–Trinajstić information content (AvgIpc) is 3.55. The van der Waals surface area contributed by atoms with Crippen LogP contribution in [-0.2, 0) is 0 Å². The van der Waals surface area contributed by atoms with Crippen molar-refractivity contribution in [2.24, 2.45) is 23.7 Å². The van der Waals surface area contributed by atoms with Gasteiger partial charge in [0, 0.05) is 42.8 Å². The van der Waals surface area contributed by atoms with Crippen LogP contribution in [0.15, 0.2) is 47.6 Å². The first-order chi connectivity index (χ1) is 21.4. The maximum absolute atomic E-state index is 13.6. The highest BCUT2D eigenvalue weighted by Crippen LogP contribution is 2.46. The number of hydrogen-bond donors (Lipinski definition) is 2. The van der Waals surface area contributed by atoms with Gasteiger partial charge >= 0.3 is 0 Å². The number of carbonyl (C=O) groups excluding carboxylic acids is 1. The minimum atomic E-state index is -0.185. The van der Waals surface area contributed by atoms with Crippen LogP contribution in [0.2, 0.25) is 0 Å². The SMILES string of the molecule is CC1(C)C[C@@H]2CCCNc3cccc(n3)SNC(=O)c3ccc(-n4ccc(OCCC(C5CCC5)C5CCC5)n4)nc3N1C2. The molecule has 3 fully saturated rings. The summed E-state index contributed by atoms with van der Waals surface area (Å²) < 4.78 is 11.0. The number of amides is 1. The van der Waals surface area contributed by atoms with Gasteiger partial charge in [-0.2, -0.15) is 0 Å². The van der Waals surface area contributed by atoms with Gasteiger partial charge in [-0.25, -0.2) is 14.6 Å². The van der Waals surface area contributed by atoms with E-state index < -0.39 is 0 Å². The third-order valence-electron chi connectivity index (χ3n) is 10.4. The molecule has 0 aromatic carbocycles. The van der Waals surface area contributed by atoms with Gasteiger partial charge in [0.05, 0.1) is 12.2 Å². The van der Waals surface area contributed by atoms with Gasteiger partial charge in [0.15, 0.2) is 5.82 Å². The van der Waals surface area contributed by atoms with Crippen LogP contribution in [0, 0.1) is 23.7 Å². The summed E-state index contributed by atoms with van der Waals surface area (Å²) in [6.07, 6.45) is 14.6. The van der Waals surface area contributed by atoms with Gasteiger partial charge in [-0.05, 0) is 87.5 Å². The predicted octanol–water partition coefficient (Wildman–Crippen LogP) is 6.90. The van der Waals surface area contributed by atoms with Crippen LogP contribution in [0.4, 0.5) is 11.6 Å². The molecule has 1 saturated heterocycles. The molecular formula is C34H45N7O2S. The number of ether oxygens (including phenoxy) is 1. The van der Waals surface area contributed by atoms with Gasteiger partial charge in [-0.15, -0.1) is 5.10 Å². The van der Waals surface area contributed by atoms with E-state index >= 15 is 0 Å². The summed E-state index contributed by atoms with van der Waals surface area (Å²) in [5.41, 5.74) is 0.422. The third-order valence-corrected chi connectivity index (χ3v) is 11.1. The van der Waals surface area contributed by atoms with Crippen molar-refractivity contribution in [3.8, 4) is 11.7 Å². The molecule has 0 radical (unpaired) electrons. The number of anilines is 2. The van der Waals surface area contributed by atoms with E-state index in [-0.39, 0.29) is 11.4 Å². The summed E-state index contributed by atoms with van der Waals surface area (Å²) in [7, 11) is 0. The van der Waals surface area contributed by atoms with E-state index in [4.69, 9.17) is 14.8 Å². The quantitative estimate of drug-likeness (QED) is 0.277. The Balaban J connectivity index is 1.11. The van der Waals surface area contributed by atoms with E-state index in [1.165, 1.54) is 50.5 Å². The van der Waals surface area contributed by atoms with Crippen molar-refractivity contribution in [3.05, 3.63) is 48.2 Å². The van der Waals surface area contributed by atoms with Crippen molar-refractivity contribution < 1.29 is 9.53 Å². The molecule has 1 amide bonds. The first-order valence-corrected chi connectivity index (χ1v) is 17.4. The van der Waals surface area contributed by atoms with E-state index in [0.717, 1.165) is 67.4 Å². The van der Waals surface area contributed by atoms with Crippen LogP contribution < -0.4 is 19.7 Å². The summed E-state index contributed by atoms with van der Waals surface area (Å²) in [6, 6.07) is 11.5. The zero-order chi connectivity index (χ0) is 30.1. The Morgan fingerprint density at radius 1 is 1.02 bits per heavy atom. The fourth-order valence-corrected chi connectivity index (χ4v) is 8.23. The van der Waals surface area contributed by atoms with Crippen molar-refractivity contribution >= 4 is 29.5 Å². The Bertz CT molecular complexity index is 1450. The lowest BCUT2D eigenvalue weighted by molar-refractivity contribution is 0.0720. The third kappa shape index (κ3) is 6.28. The Morgan fingerprint density at radius 3 is 2.61 bits per heavy atom. The number of nitrogens with zero attached hydrogens (tertiary/aromatic N) is 5. The van der Waals surface area contributed by atoms with Crippen molar-refractivity contribution in [2.75, 3.05) is 29.9 Å². The molecule has 4 aliphatic rings. The van der Waals surface area contributed by atoms with Crippen molar-refractivity contribution in [1.29, 1.82) is 0 Å². The highest BCUT2D eigenvalue weighted by Gasteiger charge is 2.41. The molecule has 3 aromatic rings. The summed E-state index contributed by atoms with van der Waals surface area (Å²) in [6.45, 7) is 6.96. The largest absolute Gasteiger partial charge is 0.477 e. The van der Waals surface area contributed by atoms with E-state index in [2.05, 4.69) is 33.8 Å². The molecule has 234 valence electrons. The fourth-order valence-electron chi connectivity index (χ4n) is 7.64. The van der Waals surface area contributed by atoms with Crippen LogP contribution in [0.3, 0.4) is 0 Å². The van der Waals surface area contributed by atoms with E-state index in [0.29, 0.717) is 35.6 Å². The predicted molar refractivity (Wildman–Crippen MR) is 174 cm³/mol. The standard InChI is InChI=1S/C34H45N7O2S/c1-34(2)21-23-7-6-18-35-28-12-5-13-31(36-28)44-39-33(42)27-14-15-29(37-32(27)40(34)22-23)41-19-16-30(38-41)43-20-17-26(24-8-3-9-24)25-10-4-11-25/h5,12-16,19,23-26H,3-4,6-11,17-18,20-22H2,1-2H3,(H,35,36)(H,39,42)/t23-/m0/s1. The molecular weight excluding hydrogens is 570 g/mol. The topological polar surface area (TPSA) is 97.2 Å². The van der Waals surface area contributed by atoms with Gasteiger partial charge in [0.2, 0.25) is 5.88 Å². The van der Waals surface area contributed by atoms with Gasteiger partial charge in [0.25, 0.3) is 5.91 Å². The summed E-state index contributed by atoms with van der Waals surface area (Å²) in [4.78, 5) is 25.7.